The van der Waals surface area contributed by atoms with Crippen LogP contribution in [-0.4, -0.2) is 16.8 Å². The summed E-state index contributed by atoms with van der Waals surface area (Å²) in [6.45, 7) is 1.15. The van der Waals surface area contributed by atoms with Gasteiger partial charge in [-0.3, -0.25) is 0 Å². The topological polar surface area (TPSA) is 49.7 Å². The fourth-order valence-corrected chi connectivity index (χ4v) is 2.89. The van der Waals surface area contributed by atoms with Gasteiger partial charge >= 0.3 is 6.18 Å². The molecule has 3 nitrogen and oxygen atoms in total. The third-order valence-corrected chi connectivity index (χ3v) is 4.50. The number of rotatable bonds is 5. The van der Waals surface area contributed by atoms with E-state index in [4.69, 9.17) is 4.74 Å². The largest absolute Gasteiger partial charge is 0.508 e. The van der Waals surface area contributed by atoms with E-state index >= 15 is 0 Å². The Hall–Kier alpha value is -3.06. The van der Waals surface area contributed by atoms with Crippen LogP contribution in [0.1, 0.15) is 22.8 Å². The fourth-order valence-electron chi connectivity index (χ4n) is 2.89. The molecule has 0 saturated carbocycles. The Morgan fingerprint density at radius 2 is 1.59 bits per heavy atom. The van der Waals surface area contributed by atoms with Gasteiger partial charge in [0.2, 0.25) is 0 Å². The monoisotopic (exact) mass is 406 g/mol. The second kappa shape index (κ2) is 8.13. The lowest BCUT2D eigenvalue weighted by molar-refractivity contribution is -0.137. The van der Waals surface area contributed by atoms with Crippen LogP contribution in [0.15, 0.2) is 60.7 Å². The van der Waals surface area contributed by atoms with Crippen LogP contribution in [0.5, 0.6) is 11.5 Å². The maximum Gasteiger partial charge on any atom is 0.416 e. The normalized spacial score (nSPS) is 12.6. The summed E-state index contributed by atoms with van der Waals surface area (Å²) >= 11 is 0. The molecule has 0 fully saturated rings. The molecule has 1 unspecified atom stereocenters. The quantitative estimate of drug-likeness (QED) is 0.540. The van der Waals surface area contributed by atoms with Crippen LogP contribution in [0.2, 0.25) is 0 Å². The standard InChI is InChI=1S/C22H18F4O3/c1-13-10-17(7-9-20(13)28)29-21(12-27)18-11-15(4-8-19(18)23)14-2-5-16(6-3-14)22(24,25)26/h2-11,21,27-28H,12H2,1H3. The Kier molecular flexibility index (Phi) is 5.79. The second-order valence-electron chi connectivity index (χ2n) is 6.55. The third-order valence-electron chi connectivity index (χ3n) is 4.50. The summed E-state index contributed by atoms with van der Waals surface area (Å²) in [5, 5.41) is 19.3. The molecule has 0 heterocycles. The first kappa shape index (κ1) is 20.7. The molecule has 0 aliphatic heterocycles. The molecule has 0 amide bonds. The molecule has 0 radical (unpaired) electrons. The molecule has 2 N–H and O–H groups in total. The summed E-state index contributed by atoms with van der Waals surface area (Å²) in [6.07, 6.45) is -5.47. The maximum absolute atomic E-state index is 14.4. The number of phenols is 1. The molecule has 0 aliphatic carbocycles. The molecular weight excluding hydrogens is 388 g/mol. The zero-order chi connectivity index (χ0) is 21.2. The molecule has 3 aromatic carbocycles. The van der Waals surface area contributed by atoms with Gasteiger partial charge in [-0.15, -0.1) is 0 Å². The van der Waals surface area contributed by atoms with Crippen molar-refractivity contribution in [3.63, 3.8) is 0 Å². The van der Waals surface area contributed by atoms with E-state index in [1.54, 1.807) is 13.0 Å². The highest BCUT2D eigenvalue weighted by Crippen LogP contribution is 2.33. The van der Waals surface area contributed by atoms with Gasteiger partial charge < -0.3 is 14.9 Å². The SMILES string of the molecule is Cc1cc(OC(CO)c2cc(-c3ccc(C(F)(F)F)cc3)ccc2F)ccc1O. The molecule has 29 heavy (non-hydrogen) atoms. The predicted molar refractivity (Wildman–Crippen MR) is 100 cm³/mol. The number of aliphatic hydroxyl groups is 1. The van der Waals surface area contributed by atoms with E-state index in [2.05, 4.69) is 0 Å². The Balaban J connectivity index is 1.91. The molecule has 0 aliphatic rings. The number of hydrogen-bond donors (Lipinski definition) is 2. The van der Waals surface area contributed by atoms with Crippen LogP contribution in [0.4, 0.5) is 17.6 Å². The number of aromatic hydroxyl groups is 1. The van der Waals surface area contributed by atoms with Crippen molar-refractivity contribution >= 4 is 0 Å². The molecule has 3 aromatic rings. The lowest BCUT2D eigenvalue weighted by atomic mass is 9.99. The second-order valence-corrected chi connectivity index (χ2v) is 6.55. The summed E-state index contributed by atoms with van der Waals surface area (Å²) in [6, 6.07) is 13.0. The van der Waals surface area contributed by atoms with Crippen molar-refractivity contribution in [2.24, 2.45) is 0 Å². The first-order valence-electron chi connectivity index (χ1n) is 8.73. The first-order chi connectivity index (χ1) is 13.7. The van der Waals surface area contributed by atoms with Crippen LogP contribution in [0.25, 0.3) is 11.1 Å². The zero-order valence-corrected chi connectivity index (χ0v) is 15.4. The number of ether oxygens (including phenoxy) is 1. The van der Waals surface area contributed by atoms with Crippen LogP contribution in [0, 0.1) is 12.7 Å². The number of phenolic OH excluding ortho intramolecular Hbond substituents is 1. The average molecular weight is 406 g/mol. The highest BCUT2D eigenvalue weighted by atomic mass is 19.4. The number of hydrogen-bond acceptors (Lipinski definition) is 3. The van der Waals surface area contributed by atoms with Gasteiger partial charge in [-0.2, -0.15) is 13.2 Å². The van der Waals surface area contributed by atoms with Gasteiger partial charge in [-0.25, -0.2) is 4.39 Å². The summed E-state index contributed by atoms with van der Waals surface area (Å²) in [5.74, 6) is -0.206. The summed E-state index contributed by atoms with van der Waals surface area (Å²) < 4.78 is 58.3. The molecule has 0 aromatic heterocycles. The van der Waals surface area contributed by atoms with Gasteiger partial charge in [0.25, 0.3) is 0 Å². The first-order valence-corrected chi connectivity index (χ1v) is 8.73. The van der Waals surface area contributed by atoms with E-state index in [-0.39, 0.29) is 11.3 Å². The minimum absolute atomic E-state index is 0.0654. The highest BCUT2D eigenvalue weighted by Gasteiger charge is 2.30. The lowest BCUT2D eigenvalue weighted by Crippen LogP contribution is -2.14. The van der Waals surface area contributed by atoms with Gasteiger partial charge in [0.1, 0.15) is 23.4 Å². The Morgan fingerprint density at radius 1 is 0.931 bits per heavy atom. The zero-order valence-electron chi connectivity index (χ0n) is 15.4. The summed E-state index contributed by atoms with van der Waals surface area (Å²) in [7, 11) is 0. The van der Waals surface area contributed by atoms with Crippen molar-refractivity contribution in [2.45, 2.75) is 19.2 Å². The highest BCUT2D eigenvalue weighted by molar-refractivity contribution is 5.65. The van der Waals surface area contributed by atoms with Gasteiger partial charge in [-0.1, -0.05) is 18.2 Å². The Labute approximate surface area is 164 Å². The molecule has 0 spiro atoms. The number of alkyl halides is 3. The van der Waals surface area contributed by atoms with Crippen LogP contribution >= 0.6 is 0 Å². The predicted octanol–water partition coefficient (Wildman–Crippen LogP) is 5.64. The van der Waals surface area contributed by atoms with Crippen molar-refractivity contribution in [1.29, 1.82) is 0 Å². The molecule has 0 bridgehead atoms. The fraction of sp³-hybridized carbons (Fsp3) is 0.182. The van der Waals surface area contributed by atoms with Gasteiger partial charge in [-0.05, 0) is 66.1 Å². The van der Waals surface area contributed by atoms with Crippen LogP contribution in [0.3, 0.4) is 0 Å². The smallest absolute Gasteiger partial charge is 0.416 e. The van der Waals surface area contributed by atoms with Crippen LogP contribution in [-0.2, 0) is 6.18 Å². The van der Waals surface area contributed by atoms with Crippen molar-refractivity contribution in [3.05, 3.63) is 83.2 Å². The number of aryl methyl sites for hydroxylation is 1. The number of benzene rings is 3. The Bertz CT molecular complexity index is 998. The average Bonchev–Trinajstić information content (AvgIpc) is 2.69. The number of halogens is 4. The van der Waals surface area contributed by atoms with Crippen molar-refractivity contribution in [1.82, 2.24) is 0 Å². The van der Waals surface area contributed by atoms with Gasteiger partial charge in [0.05, 0.1) is 12.2 Å². The summed E-state index contributed by atoms with van der Waals surface area (Å²) in [5.41, 5.74) is 0.798. The Morgan fingerprint density at radius 3 is 2.17 bits per heavy atom. The van der Waals surface area contributed by atoms with E-state index in [0.717, 1.165) is 12.1 Å². The van der Waals surface area contributed by atoms with E-state index in [1.165, 1.54) is 42.5 Å². The maximum atomic E-state index is 14.4. The van der Waals surface area contributed by atoms with Crippen molar-refractivity contribution < 1.29 is 32.5 Å². The van der Waals surface area contributed by atoms with E-state index < -0.39 is 30.3 Å². The van der Waals surface area contributed by atoms with E-state index in [0.29, 0.717) is 22.4 Å². The van der Waals surface area contributed by atoms with E-state index in [1.807, 2.05) is 0 Å². The molecular formula is C22H18F4O3. The van der Waals surface area contributed by atoms with Crippen LogP contribution < -0.4 is 4.74 Å². The minimum Gasteiger partial charge on any atom is -0.508 e. The van der Waals surface area contributed by atoms with Gasteiger partial charge in [0.15, 0.2) is 0 Å². The molecule has 152 valence electrons. The molecule has 0 saturated heterocycles. The lowest BCUT2D eigenvalue weighted by Gasteiger charge is -2.19. The third kappa shape index (κ3) is 4.68. The molecule has 3 rings (SSSR count). The number of aliphatic hydroxyl groups excluding tert-OH is 1. The minimum atomic E-state index is -4.44. The molecule has 1 atom stereocenters. The van der Waals surface area contributed by atoms with Gasteiger partial charge in [0, 0.05) is 5.56 Å². The van der Waals surface area contributed by atoms with Crippen molar-refractivity contribution in [3.8, 4) is 22.6 Å². The molecule has 7 heteroatoms. The van der Waals surface area contributed by atoms with Crippen molar-refractivity contribution in [2.75, 3.05) is 6.61 Å². The van der Waals surface area contributed by atoms with E-state index in [9.17, 15) is 27.8 Å². The summed E-state index contributed by atoms with van der Waals surface area (Å²) in [4.78, 5) is 0.